The molecule has 0 unspecified atom stereocenters. The zero-order valence-corrected chi connectivity index (χ0v) is 17.7. The highest BCUT2D eigenvalue weighted by Gasteiger charge is 2.01. The fraction of sp³-hybridized carbons (Fsp3) is 0.160. The zero-order chi connectivity index (χ0) is 19.8. The molecule has 0 saturated carbocycles. The van der Waals surface area contributed by atoms with Crippen LogP contribution < -0.4 is 0 Å². The van der Waals surface area contributed by atoms with Gasteiger partial charge in [-0.1, -0.05) is 84.1 Å². The molecule has 3 aromatic rings. The lowest BCUT2D eigenvalue weighted by Gasteiger charge is -2.05. The van der Waals surface area contributed by atoms with Crippen LogP contribution in [0.15, 0.2) is 83.8 Å². The van der Waals surface area contributed by atoms with Crippen LogP contribution in [0.3, 0.4) is 0 Å². The van der Waals surface area contributed by atoms with Gasteiger partial charge in [0.2, 0.25) is 5.12 Å². The second-order valence-corrected chi connectivity index (χ2v) is 8.44. The van der Waals surface area contributed by atoms with Crippen molar-refractivity contribution in [1.82, 2.24) is 0 Å². The molecule has 3 heteroatoms. The van der Waals surface area contributed by atoms with Crippen LogP contribution in [0.1, 0.15) is 27.8 Å². The second kappa shape index (κ2) is 10.4. The number of benzene rings is 3. The number of thioether (sulfide) groups is 1. The Morgan fingerprint density at radius 2 is 1.43 bits per heavy atom. The summed E-state index contributed by atoms with van der Waals surface area (Å²) in [6.45, 7) is 2.06. The molecule has 0 N–H and O–H groups in total. The van der Waals surface area contributed by atoms with Crippen molar-refractivity contribution in [2.75, 3.05) is 5.75 Å². The van der Waals surface area contributed by atoms with E-state index in [0.29, 0.717) is 0 Å². The standard InChI is InChI=1S/C25H24OS2/c1-19-2-4-20(5-3-19)12-15-25(26)28-17-16-21-6-8-22(9-7-21)18-23-10-13-24(27)14-11-23/h2-15,27H,16-18H2,1H3/b15-12+. The first-order valence-electron chi connectivity index (χ1n) is 9.36. The average molecular weight is 405 g/mol. The maximum absolute atomic E-state index is 12.0. The number of carbonyl (C=O) groups excluding carboxylic acids is 1. The van der Waals surface area contributed by atoms with Crippen LogP contribution in [0, 0.1) is 6.92 Å². The molecule has 0 aromatic heterocycles. The fourth-order valence-corrected chi connectivity index (χ4v) is 3.68. The molecule has 0 atom stereocenters. The predicted molar refractivity (Wildman–Crippen MR) is 124 cm³/mol. The van der Waals surface area contributed by atoms with E-state index in [1.165, 1.54) is 34.0 Å². The van der Waals surface area contributed by atoms with E-state index in [4.69, 9.17) is 0 Å². The Bertz CT molecular complexity index is 924. The van der Waals surface area contributed by atoms with Crippen molar-refractivity contribution in [3.8, 4) is 0 Å². The molecule has 0 spiro atoms. The van der Waals surface area contributed by atoms with E-state index >= 15 is 0 Å². The first-order chi connectivity index (χ1) is 13.6. The Labute approximate surface area is 177 Å². The Balaban J connectivity index is 1.43. The quantitative estimate of drug-likeness (QED) is 0.363. The van der Waals surface area contributed by atoms with Crippen molar-refractivity contribution < 1.29 is 4.79 Å². The molecule has 0 aliphatic heterocycles. The molecular weight excluding hydrogens is 380 g/mol. The Morgan fingerprint density at radius 1 is 0.857 bits per heavy atom. The Kier molecular flexibility index (Phi) is 7.58. The lowest BCUT2D eigenvalue weighted by molar-refractivity contribution is -0.106. The van der Waals surface area contributed by atoms with Gasteiger partial charge in [-0.3, -0.25) is 4.79 Å². The van der Waals surface area contributed by atoms with Crippen LogP contribution in [0.2, 0.25) is 0 Å². The first kappa shape index (κ1) is 20.5. The summed E-state index contributed by atoms with van der Waals surface area (Å²) >= 11 is 5.69. The molecule has 142 valence electrons. The maximum Gasteiger partial charge on any atom is 0.212 e. The summed E-state index contributed by atoms with van der Waals surface area (Å²) in [6, 6.07) is 25.1. The molecule has 0 heterocycles. The van der Waals surface area contributed by atoms with Gasteiger partial charge in [-0.25, -0.2) is 0 Å². The number of aryl methyl sites for hydroxylation is 2. The average Bonchev–Trinajstić information content (AvgIpc) is 2.71. The minimum atomic E-state index is 0.102. The van der Waals surface area contributed by atoms with E-state index in [1.807, 2.05) is 30.3 Å². The van der Waals surface area contributed by atoms with E-state index in [-0.39, 0.29) is 5.12 Å². The van der Waals surface area contributed by atoms with Crippen molar-refractivity contribution in [3.05, 3.63) is 107 Å². The summed E-state index contributed by atoms with van der Waals surface area (Å²) in [7, 11) is 0. The van der Waals surface area contributed by atoms with Crippen LogP contribution in [-0.2, 0) is 17.6 Å². The topological polar surface area (TPSA) is 17.1 Å². The highest BCUT2D eigenvalue weighted by atomic mass is 32.2. The predicted octanol–water partition coefficient (Wildman–Crippen LogP) is 6.39. The van der Waals surface area contributed by atoms with Gasteiger partial charge < -0.3 is 0 Å². The largest absolute Gasteiger partial charge is 0.282 e. The summed E-state index contributed by atoms with van der Waals surface area (Å²) in [5.41, 5.74) is 6.11. The zero-order valence-electron chi connectivity index (χ0n) is 16.0. The Morgan fingerprint density at radius 3 is 2.07 bits per heavy atom. The van der Waals surface area contributed by atoms with Gasteiger partial charge in [-0.05, 0) is 60.2 Å². The number of thiol groups is 1. The van der Waals surface area contributed by atoms with E-state index < -0.39 is 0 Å². The molecule has 0 bridgehead atoms. The van der Waals surface area contributed by atoms with Gasteiger partial charge in [-0.2, -0.15) is 0 Å². The normalized spacial score (nSPS) is 11.1. The lowest BCUT2D eigenvalue weighted by atomic mass is 10.0. The van der Waals surface area contributed by atoms with Crippen LogP contribution in [-0.4, -0.2) is 10.9 Å². The van der Waals surface area contributed by atoms with Crippen molar-refractivity contribution >= 4 is 35.6 Å². The second-order valence-electron chi connectivity index (χ2n) is 6.82. The van der Waals surface area contributed by atoms with Gasteiger partial charge >= 0.3 is 0 Å². The van der Waals surface area contributed by atoms with Crippen LogP contribution >= 0.6 is 24.4 Å². The van der Waals surface area contributed by atoms with Gasteiger partial charge in [0, 0.05) is 10.6 Å². The molecule has 0 amide bonds. The third-order valence-electron chi connectivity index (χ3n) is 4.49. The summed E-state index contributed by atoms with van der Waals surface area (Å²) < 4.78 is 0. The molecule has 28 heavy (non-hydrogen) atoms. The van der Waals surface area contributed by atoms with Crippen molar-refractivity contribution in [2.24, 2.45) is 0 Å². The van der Waals surface area contributed by atoms with Crippen LogP contribution in [0.4, 0.5) is 0 Å². The first-order valence-corrected chi connectivity index (χ1v) is 10.8. The Hall–Kier alpha value is -2.23. The molecule has 0 aliphatic carbocycles. The van der Waals surface area contributed by atoms with Gasteiger partial charge in [-0.15, -0.1) is 12.6 Å². The van der Waals surface area contributed by atoms with Crippen molar-refractivity contribution in [2.45, 2.75) is 24.7 Å². The fourth-order valence-electron chi connectivity index (χ4n) is 2.83. The van der Waals surface area contributed by atoms with E-state index in [2.05, 4.69) is 68.1 Å². The van der Waals surface area contributed by atoms with Crippen molar-refractivity contribution in [3.63, 3.8) is 0 Å². The van der Waals surface area contributed by atoms with Crippen molar-refractivity contribution in [1.29, 1.82) is 0 Å². The van der Waals surface area contributed by atoms with Gasteiger partial charge in [0.25, 0.3) is 0 Å². The molecule has 3 aromatic carbocycles. The molecule has 3 rings (SSSR count). The minimum absolute atomic E-state index is 0.102. The van der Waals surface area contributed by atoms with Gasteiger partial charge in [0.1, 0.15) is 0 Å². The van der Waals surface area contributed by atoms with Crippen LogP contribution in [0.5, 0.6) is 0 Å². The summed E-state index contributed by atoms with van der Waals surface area (Å²) in [5.74, 6) is 0.791. The number of carbonyl (C=O) groups is 1. The van der Waals surface area contributed by atoms with Crippen LogP contribution in [0.25, 0.3) is 6.08 Å². The third-order valence-corrected chi connectivity index (χ3v) is 5.62. The van der Waals surface area contributed by atoms with E-state index in [1.54, 1.807) is 6.08 Å². The van der Waals surface area contributed by atoms with E-state index in [0.717, 1.165) is 29.1 Å². The summed E-state index contributed by atoms with van der Waals surface area (Å²) in [6.07, 6.45) is 5.35. The van der Waals surface area contributed by atoms with Gasteiger partial charge in [0.05, 0.1) is 0 Å². The number of rotatable bonds is 7. The number of hydrogen-bond donors (Lipinski definition) is 1. The minimum Gasteiger partial charge on any atom is -0.282 e. The molecule has 1 nitrogen and oxygen atoms in total. The molecule has 0 aliphatic rings. The van der Waals surface area contributed by atoms with Gasteiger partial charge in [0.15, 0.2) is 0 Å². The molecule has 0 radical (unpaired) electrons. The third kappa shape index (κ3) is 6.74. The summed E-state index contributed by atoms with van der Waals surface area (Å²) in [4.78, 5) is 13.0. The SMILES string of the molecule is Cc1ccc(/C=C/C(=O)SCCc2ccc(Cc3ccc(S)cc3)cc2)cc1. The van der Waals surface area contributed by atoms with E-state index in [9.17, 15) is 4.79 Å². The highest BCUT2D eigenvalue weighted by molar-refractivity contribution is 8.14. The summed E-state index contributed by atoms with van der Waals surface area (Å²) in [5, 5.41) is 0.102. The maximum atomic E-state index is 12.0. The molecule has 0 fully saturated rings. The lowest BCUT2D eigenvalue weighted by Crippen LogP contribution is -1.94. The smallest absolute Gasteiger partial charge is 0.212 e. The highest BCUT2D eigenvalue weighted by Crippen LogP contribution is 2.15. The number of hydrogen-bond acceptors (Lipinski definition) is 3. The molecular formula is C25H24OS2. The monoisotopic (exact) mass is 404 g/mol. The molecule has 0 saturated heterocycles.